The predicted octanol–water partition coefficient (Wildman–Crippen LogP) is 3.84. The van der Waals surface area contributed by atoms with Crippen LogP contribution in [-0.4, -0.2) is 19.9 Å². The number of hydrogen-bond donors (Lipinski definition) is 0. The van der Waals surface area contributed by atoms with Crippen molar-refractivity contribution in [3.63, 3.8) is 0 Å². The first-order chi connectivity index (χ1) is 9.61. The van der Waals surface area contributed by atoms with Crippen molar-refractivity contribution in [1.82, 2.24) is 19.9 Å². The van der Waals surface area contributed by atoms with E-state index < -0.39 is 0 Å². The lowest BCUT2D eigenvalue weighted by Gasteiger charge is -2.05. The lowest BCUT2D eigenvalue weighted by molar-refractivity contribution is 0.899. The molecule has 0 N–H and O–H groups in total. The Labute approximate surface area is 125 Å². The molecule has 3 rings (SSSR count). The molecule has 2 aromatic heterocycles. The molecule has 0 fully saturated rings. The van der Waals surface area contributed by atoms with Crippen molar-refractivity contribution in [1.29, 1.82) is 0 Å². The minimum atomic E-state index is 0.232. The summed E-state index contributed by atoms with van der Waals surface area (Å²) in [6, 6.07) is 9.69. The molecule has 4 nitrogen and oxygen atoms in total. The van der Waals surface area contributed by atoms with Crippen molar-refractivity contribution in [3.05, 3.63) is 47.0 Å². The number of para-hydroxylation sites is 1. The first-order valence-electron chi connectivity index (χ1n) is 6.04. The monoisotopic (exact) mass is 302 g/mol. The van der Waals surface area contributed by atoms with E-state index in [1.807, 2.05) is 44.2 Å². The zero-order valence-electron chi connectivity index (χ0n) is 11.0. The molecule has 20 heavy (non-hydrogen) atoms. The Morgan fingerprint density at radius 2 is 1.65 bits per heavy atom. The molecule has 3 aromatic rings. The molecule has 0 bridgehead atoms. The third kappa shape index (κ3) is 2.73. The molecule has 0 aliphatic carbocycles. The minimum Gasteiger partial charge on any atom is -0.228 e. The maximum Gasteiger partial charge on any atom is 0.224 e. The number of rotatable bonds is 2. The van der Waals surface area contributed by atoms with Crippen LogP contribution in [0.2, 0.25) is 5.28 Å². The number of halogens is 1. The highest BCUT2D eigenvalue weighted by atomic mass is 35.5. The fourth-order valence-corrected chi connectivity index (χ4v) is 3.12. The van der Waals surface area contributed by atoms with Gasteiger partial charge in [-0.2, -0.15) is 0 Å². The summed E-state index contributed by atoms with van der Waals surface area (Å²) >= 11 is 7.38. The molecular weight excluding hydrogens is 292 g/mol. The topological polar surface area (TPSA) is 51.6 Å². The number of aromatic nitrogens is 4. The van der Waals surface area contributed by atoms with Crippen molar-refractivity contribution in [3.8, 4) is 0 Å². The second-order valence-corrected chi connectivity index (χ2v) is 5.64. The Kier molecular flexibility index (Phi) is 3.54. The van der Waals surface area contributed by atoms with Gasteiger partial charge in [-0.1, -0.05) is 18.2 Å². The highest BCUT2D eigenvalue weighted by Crippen LogP contribution is 2.30. The molecule has 0 spiro atoms. The molecule has 0 atom stereocenters. The fourth-order valence-electron chi connectivity index (χ4n) is 1.92. The van der Waals surface area contributed by atoms with Crippen LogP contribution in [-0.2, 0) is 0 Å². The van der Waals surface area contributed by atoms with E-state index >= 15 is 0 Å². The molecule has 0 saturated heterocycles. The maximum atomic E-state index is 5.98. The lowest BCUT2D eigenvalue weighted by Crippen LogP contribution is -1.95. The molecule has 0 unspecified atom stereocenters. The van der Waals surface area contributed by atoms with Crippen LogP contribution in [0.4, 0.5) is 0 Å². The molecular formula is C14H11ClN4S. The van der Waals surface area contributed by atoms with Crippen molar-refractivity contribution in [2.24, 2.45) is 0 Å². The molecule has 0 aliphatic heterocycles. The van der Waals surface area contributed by atoms with Gasteiger partial charge in [-0.05, 0) is 49.3 Å². The number of fused-ring (bicyclic) bond motifs is 1. The Morgan fingerprint density at radius 1 is 0.950 bits per heavy atom. The van der Waals surface area contributed by atoms with E-state index in [4.69, 9.17) is 11.6 Å². The van der Waals surface area contributed by atoms with Crippen molar-refractivity contribution in [2.75, 3.05) is 0 Å². The largest absolute Gasteiger partial charge is 0.228 e. The molecule has 0 saturated carbocycles. The van der Waals surface area contributed by atoms with Crippen LogP contribution in [0, 0.1) is 13.8 Å². The third-order valence-corrected chi connectivity index (χ3v) is 3.73. The number of hydrogen-bond acceptors (Lipinski definition) is 5. The minimum absolute atomic E-state index is 0.232. The molecule has 6 heteroatoms. The Morgan fingerprint density at radius 3 is 2.40 bits per heavy atom. The predicted molar refractivity (Wildman–Crippen MR) is 80.2 cm³/mol. The Bertz CT molecular complexity index is 771. The number of benzene rings is 1. The zero-order valence-corrected chi connectivity index (χ0v) is 12.5. The second kappa shape index (κ2) is 5.34. The van der Waals surface area contributed by atoms with E-state index in [2.05, 4.69) is 19.9 Å². The van der Waals surface area contributed by atoms with E-state index in [-0.39, 0.29) is 5.28 Å². The van der Waals surface area contributed by atoms with Gasteiger partial charge in [0.15, 0.2) is 5.16 Å². The van der Waals surface area contributed by atoms with Gasteiger partial charge in [0.05, 0.1) is 5.52 Å². The second-order valence-electron chi connectivity index (χ2n) is 4.35. The van der Waals surface area contributed by atoms with Gasteiger partial charge >= 0.3 is 0 Å². The van der Waals surface area contributed by atoms with Gasteiger partial charge in [0.2, 0.25) is 5.28 Å². The van der Waals surface area contributed by atoms with E-state index in [1.165, 1.54) is 11.8 Å². The quantitative estimate of drug-likeness (QED) is 0.532. The van der Waals surface area contributed by atoms with Gasteiger partial charge in [-0.15, -0.1) is 0 Å². The van der Waals surface area contributed by atoms with Crippen LogP contribution in [0.3, 0.4) is 0 Å². The van der Waals surface area contributed by atoms with E-state index in [0.29, 0.717) is 5.16 Å². The molecule has 0 aliphatic rings. The van der Waals surface area contributed by atoms with Gasteiger partial charge in [0.25, 0.3) is 0 Å². The highest BCUT2D eigenvalue weighted by Gasteiger charge is 2.10. The summed E-state index contributed by atoms with van der Waals surface area (Å²) in [4.78, 5) is 17.3. The normalized spacial score (nSPS) is 10.9. The molecule has 0 amide bonds. The first kappa shape index (κ1) is 13.3. The third-order valence-electron chi connectivity index (χ3n) is 2.69. The van der Waals surface area contributed by atoms with Crippen LogP contribution >= 0.6 is 23.4 Å². The van der Waals surface area contributed by atoms with Gasteiger partial charge in [-0.25, -0.2) is 19.9 Å². The SMILES string of the molecule is Cc1cc(C)nc(Sc2nc(Cl)nc3ccccc23)n1. The highest BCUT2D eigenvalue weighted by molar-refractivity contribution is 7.99. The average Bonchev–Trinajstić information content (AvgIpc) is 2.37. The first-order valence-corrected chi connectivity index (χ1v) is 7.24. The standard InChI is InChI=1S/C14H11ClN4S/c1-8-7-9(2)17-14(16-8)20-12-10-5-3-4-6-11(10)18-13(15)19-12/h3-7H,1-2H3. The summed E-state index contributed by atoms with van der Waals surface area (Å²) in [7, 11) is 0. The number of aryl methyl sites for hydroxylation is 2. The van der Waals surface area contributed by atoms with E-state index in [0.717, 1.165) is 27.3 Å². The van der Waals surface area contributed by atoms with Crippen LogP contribution < -0.4 is 0 Å². The van der Waals surface area contributed by atoms with E-state index in [1.54, 1.807) is 0 Å². The molecule has 2 heterocycles. The maximum absolute atomic E-state index is 5.98. The van der Waals surface area contributed by atoms with Gasteiger partial charge in [0, 0.05) is 16.8 Å². The summed E-state index contributed by atoms with van der Waals surface area (Å²) in [5, 5.41) is 2.62. The van der Waals surface area contributed by atoms with Crippen LogP contribution in [0.1, 0.15) is 11.4 Å². The van der Waals surface area contributed by atoms with Gasteiger partial charge < -0.3 is 0 Å². The van der Waals surface area contributed by atoms with Gasteiger partial charge in [0.1, 0.15) is 5.03 Å². The smallest absolute Gasteiger partial charge is 0.224 e. The molecule has 1 aromatic carbocycles. The van der Waals surface area contributed by atoms with Crippen molar-refractivity contribution >= 4 is 34.3 Å². The summed E-state index contributed by atoms with van der Waals surface area (Å²) in [5.74, 6) is 0. The summed E-state index contributed by atoms with van der Waals surface area (Å²) in [5.41, 5.74) is 2.69. The average molecular weight is 303 g/mol. The fraction of sp³-hybridized carbons (Fsp3) is 0.143. The molecule has 0 radical (unpaired) electrons. The van der Waals surface area contributed by atoms with Crippen LogP contribution in [0.15, 0.2) is 40.5 Å². The number of nitrogens with zero attached hydrogens (tertiary/aromatic N) is 4. The lowest BCUT2D eigenvalue weighted by atomic mass is 10.2. The Hall–Kier alpha value is -1.72. The summed E-state index contributed by atoms with van der Waals surface area (Å²) < 4.78 is 0. The van der Waals surface area contributed by atoms with Crippen LogP contribution in [0.25, 0.3) is 10.9 Å². The zero-order chi connectivity index (χ0) is 14.1. The van der Waals surface area contributed by atoms with Gasteiger partial charge in [-0.3, -0.25) is 0 Å². The van der Waals surface area contributed by atoms with E-state index in [9.17, 15) is 0 Å². The van der Waals surface area contributed by atoms with Crippen molar-refractivity contribution in [2.45, 2.75) is 24.0 Å². The van der Waals surface area contributed by atoms with Crippen molar-refractivity contribution < 1.29 is 0 Å². The molecule has 100 valence electrons. The Balaban J connectivity index is 2.10. The van der Waals surface area contributed by atoms with Crippen LogP contribution in [0.5, 0.6) is 0 Å². The summed E-state index contributed by atoms with van der Waals surface area (Å²) in [6.45, 7) is 3.90. The summed E-state index contributed by atoms with van der Waals surface area (Å²) in [6.07, 6.45) is 0.